The number of rotatable bonds is 6. The highest BCUT2D eigenvalue weighted by molar-refractivity contribution is 6.04. The fourth-order valence-corrected chi connectivity index (χ4v) is 3.61. The third-order valence-corrected chi connectivity index (χ3v) is 5.60. The summed E-state index contributed by atoms with van der Waals surface area (Å²) in [4.78, 5) is 50.8. The standard InChI is InChI=1S/C25H23N5O5/c1-15(21(31)20-22(26)28(2)25(34)29(3)23(20)32)35-24(33)19-14-18(16-10-6-4-7-11-16)27-30(19)17-12-8-5-9-13-17/h4-15H,26H2,1-3H3/t15-/m0/s1. The third kappa shape index (κ3) is 4.29. The van der Waals surface area contributed by atoms with E-state index < -0.39 is 34.7 Å². The van der Waals surface area contributed by atoms with Crippen LogP contribution in [0.3, 0.4) is 0 Å². The zero-order valence-corrected chi connectivity index (χ0v) is 19.3. The molecule has 0 aliphatic rings. The Labute approximate surface area is 199 Å². The molecule has 2 heterocycles. The predicted molar refractivity (Wildman–Crippen MR) is 130 cm³/mol. The number of ketones is 1. The fourth-order valence-electron chi connectivity index (χ4n) is 3.61. The number of nitrogens with two attached hydrogens (primary N) is 1. The van der Waals surface area contributed by atoms with Gasteiger partial charge in [-0.15, -0.1) is 0 Å². The zero-order valence-electron chi connectivity index (χ0n) is 19.3. The van der Waals surface area contributed by atoms with Crippen molar-refractivity contribution in [3.8, 4) is 16.9 Å². The van der Waals surface area contributed by atoms with Gasteiger partial charge >= 0.3 is 11.7 Å². The first kappa shape index (κ1) is 23.4. The summed E-state index contributed by atoms with van der Waals surface area (Å²) in [7, 11) is 2.58. The highest BCUT2D eigenvalue weighted by Gasteiger charge is 2.29. The molecule has 0 amide bonds. The normalized spacial score (nSPS) is 11.7. The van der Waals surface area contributed by atoms with Crippen LogP contribution < -0.4 is 17.0 Å². The van der Waals surface area contributed by atoms with Crippen molar-refractivity contribution in [3.63, 3.8) is 0 Å². The highest BCUT2D eigenvalue weighted by Crippen LogP contribution is 2.23. The van der Waals surface area contributed by atoms with Crippen LogP contribution in [0.15, 0.2) is 76.3 Å². The molecule has 4 aromatic rings. The van der Waals surface area contributed by atoms with E-state index in [1.54, 1.807) is 30.3 Å². The van der Waals surface area contributed by atoms with Gasteiger partial charge in [-0.2, -0.15) is 5.10 Å². The van der Waals surface area contributed by atoms with E-state index in [1.807, 2.05) is 36.4 Å². The second-order valence-corrected chi connectivity index (χ2v) is 7.91. The van der Waals surface area contributed by atoms with Gasteiger partial charge in [-0.1, -0.05) is 48.5 Å². The summed E-state index contributed by atoms with van der Waals surface area (Å²) in [5.41, 5.74) is 5.97. The first-order valence-electron chi connectivity index (χ1n) is 10.7. The number of carbonyl (C=O) groups excluding carboxylic acids is 2. The van der Waals surface area contributed by atoms with Crippen molar-refractivity contribution < 1.29 is 14.3 Å². The summed E-state index contributed by atoms with van der Waals surface area (Å²) in [6, 6.07) is 19.9. The van der Waals surface area contributed by atoms with Crippen LogP contribution in [-0.4, -0.2) is 36.8 Å². The van der Waals surface area contributed by atoms with E-state index in [-0.39, 0.29) is 11.5 Å². The lowest BCUT2D eigenvalue weighted by atomic mass is 10.1. The van der Waals surface area contributed by atoms with Crippen molar-refractivity contribution in [1.29, 1.82) is 0 Å². The number of hydrogen-bond donors (Lipinski definition) is 1. The van der Waals surface area contributed by atoms with Gasteiger partial charge in [-0.25, -0.2) is 14.3 Å². The molecule has 0 saturated heterocycles. The molecule has 0 aliphatic carbocycles. The second kappa shape index (κ2) is 9.26. The van der Waals surface area contributed by atoms with E-state index in [2.05, 4.69) is 5.10 Å². The molecule has 2 aromatic heterocycles. The monoisotopic (exact) mass is 473 g/mol. The number of hydrogen-bond acceptors (Lipinski definition) is 7. The Bertz CT molecular complexity index is 1530. The quantitative estimate of drug-likeness (QED) is 0.334. The van der Waals surface area contributed by atoms with E-state index in [0.29, 0.717) is 11.4 Å². The molecule has 10 heteroatoms. The smallest absolute Gasteiger partial charge is 0.357 e. The fraction of sp³-hybridized carbons (Fsp3) is 0.160. The van der Waals surface area contributed by atoms with E-state index in [0.717, 1.165) is 14.7 Å². The molecule has 0 radical (unpaired) electrons. The lowest BCUT2D eigenvalue weighted by molar-refractivity contribution is 0.0309. The predicted octanol–water partition coefficient (Wildman–Crippen LogP) is 1.95. The summed E-state index contributed by atoms with van der Waals surface area (Å²) >= 11 is 0. The summed E-state index contributed by atoms with van der Waals surface area (Å²) in [6.07, 6.45) is -1.35. The Morgan fingerprint density at radius 3 is 2.17 bits per heavy atom. The minimum absolute atomic E-state index is 0.0936. The van der Waals surface area contributed by atoms with Crippen molar-refractivity contribution in [3.05, 3.63) is 98.8 Å². The second-order valence-electron chi connectivity index (χ2n) is 7.91. The Balaban J connectivity index is 1.70. The van der Waals surface area contributed by atoms with Crippen LogP contribution in [0.25, 0.3) is 16.9 Å². The van der Waals surface area contributed by atoms with Crippen LogP contribution in [0.1, 0.15) is 27.8 Å². The first-order valence-corrected chi connectivity index (χ1v) is 10.7. The summed E-state index contributed by atoms with van der Waals surface area (Å²) in [5.74, 6) is -1.93. The topological polar surface area (TPSA) is 131 Å². The van der Waals surface area contributed by atoms with Crippen LogP contribution in [0.5, 0.6) is 0 Å². The summed E-state index contributed by atoms with van der Waals surface area (Å²) in [6.45, 7) is 1.34. The Kier molecular flexibility index (Phi) is 6.20. The average molecular weight is 473 g/mol. The summed E-state index contributed by atoms with van der Waals surface area (Å²) < 4.78 is 8.63. The van der Waals surface area contributed by atoms with Gasteiger partial charge in [0.25, 0.3) is 5.56 Å². The largest absolute Gasteiger partial charge is 0.450 e. The number of carbonyl (C=O) groups is 2. The SMILES string of the molecule is C[C@H](OC(=O)c1cc(-c2ccccc2)nn1-c1ccccc1)C(=O)c1c(N)n(C)c(=O)n(C)c1=O. The molecule has 0 unspecified atom stereocenters. The van der Waals surface area contributed by atoms with E-state index >= 15 is 0 Å². The van der Waals surface area contributed by atoms with Gasteiger partial charge in [-0.05, 0) is 25.1 Å². The molecular formula is C25H23N5O5. The van der Waals surface area contributed by atoms with Crippen molar-refractivity contribution in [2.24, 2.45) is 14.1 Å². The first-order chi connectivity index (χ1) is 16.7. The number of ether oxygens (including phenoxy) is 1. The van der Waals surface area contributed by atoms with E-state index in [9.17, 15) is 19.2 Å². The minimum Gasteiger partial charge on any atom is -0.450 e. The molecule has 10 nitrogen and oxygen atoms in total. The van der Waals surface area contributed by atoms with Gasteiger partial charge in [0.1, 0.15) is 11.4 Å². The van der Waals surface area contributed by atoms with Crippen LogP contribution in [0.4, 0.5) is 5.82 Å². The highest BCUT2D eigenvalue weighted by atomic mass is 16.5. The van der Waals surface area contributed by atoms with Crippen LogP contribution >= 0.6 is 0 Å². The molecule has 4 rings (SSSR count). The number of aromatic nitrogens is 4. The molecule has 0 fully saturated rings. The molecule has 1 atom stereocenters. The Hall–Kier alpha value is -4.73. The number of esters is 1. The molecule has 2 aromatic carbocycles. The number of para-hydroxylation sites is 1. The van der Waals surface area contributed by atoms with Gasteiger partial charge < -0.3 is 10.5 Å². The number of anilines is 1. The van der Waals surface area contributed by atoms with E-state index in [4.69, 9.17) is 10.5 Å². The molecular weight excluding hydrogens is 450 g/mol. The molecule has 2 N–H and O–H groups in total. The average Bonchev–Trinajstić information content (AvgIpc) is 3.33. The summed E-state index contributed by atoms with van der Waals surface area (Å²) in [5, 5.41) is 4.56. The number of nitrogens with zero attached hydrogens (tertiary/aromatic N) is 4. The van der Waals surface area contributed by atoms with Gasteiger partial charge in [0.2, 0.25) is 5.78 Å². The van der Waals surface area contributed by atoms with Gasteiger partial charge in [0.05, 0.1) is 11.4 Å². The van der Waals surface area contributed by atoms with Crippen LogP contribution in [0, 0.1) is 0 Å². The third-order valence-electron chi connectivity index (χ3n) is 5.60. The molecule has 0 saturated carbocycles. The number of Topliss-reactive ketones (excluding diaryl/α,β-unsaturated/α-hetero) is 1. The molecule has 0 spiro atoms. The Morgan fingerprint density at radius 1 is 0.943 bits per heavy atom. The minimum atomic E-state index is -1.35. The maximum absolute atomic E-state index is 13.2. The van der Waals surface area contributed by atoms with E-state index in [1.165, 1.54) is 25.7 Å². The lowest BCUT2D eigenvalue weighted by Gasteiger charge is -2.15. The number of nitrogen functional groups attached to an aromatic ring is 1. The van der Waals surface area contributed by atoms with Gasteiger partial charge in [0.15, 0.2) is 11.8 Å². The number of benzene rings is 2. The maximum atomic E-state index is 13.2. The van der Waals surface area contributed by atoms with Crippen molar-refractivity contribution in [2.45, 2.75) is 13.0 Å². The molecule has 0 bridgehead atoms. The maximum Gasteiger partial charge on any atom is 0.357 e. The lowest BCUT2D eigenvalue weighted by Crippen LogP contribution is -2.43. The van der Waals surface area contributed by atoms with Crippen molar-refractivity contribution in [2.75, 3.05) is 5.73 Å². The van der Waals surface area contributed by atoms with Gasteiger partial charge in [-0.3, -0.25) is 18.7 Å². The van der Waals surface area contributed by atoms with Gasteiger partial charge in [0, 0.05) is 19.7 Å². The molecule has 178 valence electrons. The Morgan fingerprint density at radius 2 is 1.54 bits per heavy atom. The zero-order chi connectivity index (χ0) is 25.3. The molecule has 0 aliphatic heterocycles. The van der Waals surface area contributed by atoms with Crippen molar-refractivity contribution >= 4 is 17.6 Å². The van der Waals surface area contributed by atoms with Crippen molar-refractivity contribution in [1.82, 2.24) is 18.9 Å². The molecule has 35 heavy (non-hydrogen) atoms. The van der Waals surface area contributed by atoms with Crippen LogP contribution in [-0.2, 0) is 18.8 Å². The van der Waals surface area contributed by atoms with Crippen LogP contribution in [0.2, 0.25) is 0 Å².